The summed E-state index contributed by atoms with van der Waals surface area (Å²) in [5.41, 5.74) is 1.54. The molecule has 2 aromatic heterocycles. The molecule has 0 atom stereocenters. The number of nitrogens with one attached hydrogen (secondary N) is 4. The number of hydrogen-bond acceptors (Lipinski definition) is 6. The molecule has 4 N–H and O–H groups in total. The van der Waals surface area contributed by atoms with E-state index in [4.69, 9.17) is 23.2 Å². The fourth-order valence-corrected chi connectivity index (χ4v) is 2.71. The number of nitro groups is 2. The SMILES string of the molecule is O=[N+]([O-])N=C(NCCCCNC(=N[N+](=O)[O-])NCc1ccc(Cl)nc1)NCc1ccc(Cl)nc1. The van der Waals surface area contributed by atoms with Gasteiger partial charge in [-0.25, -0.2) is 30.2 Å². The second-order valence-electron chi connectivity index (χ2n) is 6.62. The van der Waals surface area contributed by atoms with Crippen LogP contribution in [0.15, 0.2) is 46.9 Å². The third-order valence-electron chi connectivity index (χ3n) is 4.05. The number of halogens is 2. The first-order valence-corrected chi connectivity index (χ1v) is 10.7. The van der Waals surface area contributed by atoms with Gasteiger partial charge >= 0.3 is 0 Å². The molecule has 16 heteroatoms. The number of nitrogens with zero attached hydrogens (tertiary/aromatic N) is 6. The quantitative estimate of drug-likeness (QED) is 0.0861. The minimum atomic E-state index is -0.806. The zero-order chi connectivity index (χ0) is 24.8. The average Bonchev–Trinajstić information content (AvgIpc) is 2.79. The van der Waals surface area contributed by atoms with Gasteiger partial charge in [0.05, 0.1) is 0 Å². The third kappa shape index (κ3) is 11.2. The fraction of sp³-hybridized carbons (Fsp3) is 0.333. The van der Waals surface area contributed by atoms with E-state index in [0.717, 1.165) is 11.1 Å². The van der Waals surface area contributed by atoms with Crippen LogP contribution in [0.25, 0.3) is 0 Å². The molecule has 14 nitrogen and oxygen atoms in total. The highest BCUT2D eigenvalue weighted by molar-refractivity contribution is 6.29. The van der Waals surface area contributed by atoms with E-state index in [0.29, 0.717) is 36.2 Å². The summed E-state index contributed by atoms with van der Waals surface area (Å²) in [5, 5.41) is 38.5. The topological polar surface area (TPSA) is 185 Å². The minimum absolute atomic E-state index is 0.00162. The molecule has 0 fully saturated rings. The highest BCUT2D eigenvalue weighted by Crippen LogP contribution is 2.05. The van der Waals surface area contributed by atoms with Crippen LogP contribution in [0.4, 0.5) is 0 Å². The molecule has 2 aromatic rings. The molecule has 2 rings (SSSR count). The number of rotatable bonds is 11. The van der Waals surface area contributed by atoms with Crippen molar-refractivity contribution in [2.75, 3.05) is 13.1 Å². The van der Waals surface area contributed by atoms with Crippen LogP contribution in [0, 0.1) is 20.2 Å². The molecule has 0 radical (unpaired) electrons. The van der Waals surface area contributed by atoms with E-state index in [9.17, 15) is 20.2 Å². The Morgan fingerprint density at radius 1 is 0.765 bits per heavy atom. The Morgan fingerprint density at radius 3 is 1.50 bits per heavy atom. The summed E-state index contributed by atoms with van der Waals surface area (Å²) in [6, 6.07) is 6.70. The lowest BCUT2D eigenvalue weighted by atomic mass is 10.3. The molecular weight excluding hydrogens is 491 g/mol. The van der Waals surface area contributed by atoms with Gasteiger partial charge in [-0.3, -0.25) is 0 Å². The highest BCUT2D eigenvalue weighted by atomic mass is 35.5. The Morgan fingerprint density at radius 2 is 1.18 bits per heavy atom. The molecular formula is C18H22Cl2N10O4. The Balaban J connectivity index is 1.73. The molecule has 34 heavy (non-hydrogen) atoms. The van der Waals surface area contributed by atoms with Crippen LogP contribution < -0.4 is 21.3 Å². The van der Waals surface area contributed by atoms with Gasteiger partial charge in [-0.15, -0.1) is 0 Å². The van der Waals surface area contributed by atoms with Crippen molar-refractivity contribution in [2.24, 2.45) is 10.2 Å². The van der Waals surface area contributed by atoms with Crippen molar-refractivity contribution in [1.29, 1.82) is 0 Å². The van der Waals surface area contributed by atoms with Gasteiger partial charge in [0.15, 0.2) is 10.1 Å². The lowest BCUT2D eigenvalue weighted by Crippen LogP contribution is -2.39. The first kappa shape index (κ1) is 26.5. The van der Waals surface area contributed by atoms with Gasteiger partial charge in [-0.1, -0.05) is 35.3 Å². The van der Waals surface area contributed by atoms with Crippen molar-refractivity contribution >= 4 is 35.1 Å². The molecule has 0 aromatic carbocycles. The van der Waals surface area contributed by atoms with Gasteiger partial charge in [-0.05, 0) is 36.1 Å². The zero-order valence-corrected chi connectivity index (χ0v) is 19.3. The first-order chi connectivity index (χ1) is 16.3. The van der Waals surface area contributed by atoms with E-state index in [1.165, 1.54) is 0 Å². The van der Waals surface area contributed by atoms with E-state index >= 15 is 0 Å². The molecule has 0 spiro atoms. The third-order valence-corrected chi connectivity index (χ3v) is 4.50. The molecule has 0 unspecified atom stereocenters. The summed E-state index contributed by atoms with van der Waals surface area (Å²) in [4.78, 5) is 29.4. The number of unbranched alkanes of at least 4 members (excludes halogenated alkanes) is 1. The summed E-state index contributed by atoms with van der Waals surface area (Å²) >= 11 is 11.5. The molecule has 2 heterocycles. The predicted molar refractivity (Wildman–Crippen MR) is 126 cm³/mol. The Hall–Kier alpha value is -3.78. The second-order valence-corrected chi connectivity index (χ2v) is 7.39. The fourth-order valence-electron chi connectivity index (χ4n) is 2.49. The van der Waals surface area contributed by atoms with E-state index in [-0.39, 0.29) is 25.0 Å². The maximum atomic E-state index is 10.8. The number of pyridine rings is 2. The number of hydrazone groups is 2. The normalized spacial score (nSPS) is 11.6. The molecule has 182 valence electrons. The summed E-state index contributed by atoms with van der Waals surface area (Å²) in [6.07, 6.45) is 4.29. The largest absolute Gasteiger partial charge is 0.351 e. The Kier molecular flexibility index (Phi) is 11.2. The first-order valence-electron chi connectivity index (χ1n) is 9.94. The Bertz CT molecular complexity index is 921. The van der Waals surface area contributed by atoms with Crippen molar-refractivity contribution in [3.05, 3.63) is 78.3 Å². The van der Waals surface area contributed by atoms with Gasteiger partial charge in [0.25, 0.3) is 11.9 Å². The van der Waals surface area contributed by atoms with Crippen molar-refractivity contribution in [2.45, 2.75) is 25.9 Å². The van der Waals surface area contributed by atoms with Crippen LogP contribution in [-0.2, 0) is 13.1 Å². The van der Waals surface area contributed by atoms with Gasteiger partial charge < -0.3 is 21.3 Å². The number of hydrogen-bond donors (Lipinski definition) is 4. The molecule has 0 saturated carbocycles. The minimum Gasteiger partial charge on any atom is -0.351 e. The number of guanidine groups is 2. The van der Waals surface area contributed by atoms with Crippen LogP contribution in [0.1, 0.15) is 24.0 Å². The summed E-state index contributed by atoms with van der Waals surface area (Å²) in [7, 11) is 0. The van der Waals surface area contributed by atoms with Gasteiger partial charge in [-0.2, -0.15) is 0 Å². The maximum absolute atomic E-state index is 10.8. The van der Waals surface area contributed by atoms with Crippen LogP contribution >= 0.6 is 23.2 Å². The van der Waals surface area contributed by atoms with Crippen molar-refractivity contribution in [1.82, 2.24) is 31.2 Å². The molecule has 0 amide bonds. The van der Waals surface area contributed by atoms with Gasteiger partial charge in [0, 0.05) is 38.6 Å². The molecule has 0 aliphatic carbocycles. The molecule has 0 aliphatic rings. The van der Waals surface area contributed by atoms with Crippen molar-refractivity contribution in [3.63, 3.8) is 0 Å². The highest BCUT2D eigenvalue weighted by Gasteiger charge is 2.07. The Labute approximate surface area is 204 Å². The van der Waals surface area contributed by atoms with Crippen LogP contribution in [-0.4, -0.2) is 45.0 Å². The van der Waals surface area contributed by atoms with Gasteiger partial charge in [0.1, 0.15) is 20.5 Å². The monoisotopic (exact) mass is 512 g/mol. The van der Waals surface area contributed by atoms with E-state index < -0.39 is 10.1 Å². The standard InChI is InChI=1S/C18H22Cl2N10O4/c19-15-5-3-13(9-23-15)11-25-17(27-29(31)32)21-7-1-2-8-22-18(28-30(33)34)26-12-14-4-6-16(20)24-10-14/h3-6,9-10H,1-2,7-8,11-12H2,(H2,21,25,27)(H2,22,26,28). The zero-order valence-electron chi connectivity index (χ0n) is 17.8. The van der Waals surface area contributed by atoms with Gasteiger partial charge in [0.2, 0.25) is 0 Å². The summed E-state index contributed by atoms with van der Waals surface area (Å²) < 4.78 is 0. The lowest BCUT2D eigenvalue weighted by Gasteiger charge is -2.11. The van der Waals surface area contributed by atoms with Crippen molar-refractivity contribution < 1.29 is 10.1 Å². The number of aromatic nitrogens is 2. The smallest absolute Gasteiger partial charge is 0.269 e. The van der Waals surface area contributed by atoms with E-state index in [1.54, 1.807) is 36.7 Å². The van der Waals surface area contributed by atoms with E-state index in [2.05, 4.69) is 41.4 Å². The lowest BCUT2D eigenvalue weighted by molar-refractivity contribution is -0.485. The maximum Gasteiger partial charge on any atom is 0.269 e. The molecule has 0 aliphatic heterocycles. The molecule has 0 saturated heterocycles. The second kappa shape index (κ2) is 14.4. The summed E-state index contributed by atoms with van der Waals surface area (Å²) in [5.74, 6) is 0.00325. The van der Waals surface area contributed by atoms with Crippen molar-refractivity contribution in [3.8, 4) is 0 Å². The summed E-state index contributed by atoms with van der Waals surface area (Å²) in [6.45, 7) is 1.29. The van der Waals surface area contributed by atoms with Crippen LogP contribution in [0.3, 0.4) is 0 Å². The predicted octanol–water partition coefficient (Wildman–Crippen LogP) is 1.72. The van der Waals surface area contributed by atoms with Crippen LogP contribution in [0.5, 0.6) is 0 Å². The average molecular weight is 513 g/mol. The van der Waals surface area contributed by atoms with Crippen LogP contribution in [0.2, 0.25) is 10.3 Å². The van der Waals surface area contributed by atoms with E-state index in [1.807, 2.05) is 0 Å². The molecule has 0 bridgehead atoms.